The topological polar surface area (TPSA) is 33.1 Å². The summed E-state index contributed by atoms with van der Waals surface area (Å²) in [5.41, 5.74) is 2.33. The SMILES string of the molecule is CCn1ccc(CNc2ccc(N(C)C)nc2)c1. The molecule has 4 nitrogen and oxygen atoms in total. The summed E-state index contributed by atoms with van der Waals surface area (Å²) in [6, 6.07) is 6.21. The number of hydrogen-bond acceptors (Lipinski definition) is 3. The number of hydrogen-bond donors (Lipinski definition) is 1. The number of aryl methyl sites for hydroxylation is 1. The Morgan fingerprint density at radius 2 is 2.11 bits per heavy atom. The molecule has 0 aliphatic carbocycles. The molecule has 0 radical (unpaired) electrons. The highest BCUT2D eigenvalue weighted by molar-refractivity contribution is 5.48. The maximum Gasteiger partial charge on any atom is 0.128 e. The minimum absolute atomic E-state index is 0.829. The van der Waals surface area contributed by atoms with Gasteiger partial charge in [-0.1, -0.05) is 0 Å². The lowest BCUT2D eigenvalue weighted by atomic mass is 10.3. The molecule has 2 aromatic rings. The van der Waals surface area contributed by atoms with Gasteiger partial charge in [0.2, 0.25) is 0 Å². The van der Waals surface area contributed by atoms with E-state index in [0.29, 0.717) is 0 Å². The third-order valence-electron chi connectivity index (χ3n) is 2.88. The molecule has 2 aromatic heterocycles. The first-order chi connectivity index (χ1) is 8.69. The number of pyridine rings is 1. The first-order valence-electron chi connectivity index (χ1n) is 6.21. The van der Waals surface area contributed by atoms with E-state index in [0.717, 1.165) is 24.6 Å². The van der Waals surface area contributed by atoms with Crippen LogP contribution >= 0.6 is 0 Å². The Bertz CT molecular complexity index is 485. The molecule has 0 aliphatic heterocycles. The molecule has 0 unspecified atom stereocenters. The predicted molar refractivity (Wildman–Crippen MR) is 76.0 cm³/mol. The van der Waals surface area contributed by atoms with E-state index in [1.165, 1.54) is 5.56 Å². The van der Waals surface area contributed by atoms with Crippen molar-refractivity contribution in [2.45, 2.75) is 20.0 Å². The van der Waals surface area contributed by atoms with Crippen molar-refractivity contribution in [1.29, 1.82) is 0 Å². The number of rotatable bonds is 5. The average molecular weight is 244 g/mol. The van der Waals surface area contributed by atoms with Crippen LogP contribution in [0, 0.1) is 0 Å². The van der Waals surface area contributed by atoms with Gasteiger partial charge >= 0.3 is 0 Å². The minimum Gasteiger partial charge on any atom is -0.380 e. The molecule has 0 atom stereocenters. The van der Waals surface area contributed by atoms with Crippen LogP contribution < -0.4 is 10.2 Å². The molecule has 0 bridgehead atoms. The van der Waals surface area contributed by atoms with Crippen LogP contribution in [0.15, 0.2) is 36.8 Å². The van der Waals surface area contributed by atoms with Crippen LogP contribution in [0.3, 0.4) is 0 Å². The fraction of sp³-hybridized carbons (Fsp3) is 0.357. The number of aromatic nitrogens is 2. The summed E-state index contributed by atoms with van der Waals surface area (Å²) in [6.07, 6.45) is 6.13. The first kappa shape index (κ1) is 12.5. The summed E-state index contributed by atoms with van der Waals surface area (Å²) >= 11 is 0. The quantitative estimate of drug-likeness (QED) is 0.877. The van der Waals surface area contributed by atoms with Crippen LogP contribution in [-0.4, -0.2) is 23.6 Å². The second-order valence-corrected chi connectivity index (χ2v) is 4.50. The highest BCUT2D eigenvalue weighted by Gasteiger charge is 1.99. The van der Waals surface area contributed by atoms with E-state index in [1.807, 2.05) is 31.3 Å². The normalized spacial score (nSPS) is 10.4. The van der Waals surface area contributed by atoms with Gasteiger partial charge in [0.05, 0.1) is 11.9 Å². The smallest absolute Gasteiger partial charge is 0.128 e. The standard InChI is InChI=1S/C14H20N4/c1-4-18-8-7-12(11-18)9-15-13-5-6-14(16-10-13)17(2)3/h5-8,10-11,15H,4,9H2,1-3H3. The van der Waals surface area contributed by atoms with Gasteiger partial charge in [-0.05, 0) is 30.7 Å². The van der Waals surface area contributed by atoms with Crippen molar-refractivity contribution in [2.75, 3.05) is 24.3 Å². The summed E-state index contributed by atoms with van der Waals surface area (Å²) in [5, 5.41) is 3.37. The first-order valence-corrected chi connectivity index (χ1v) is 6.21. The fourth-order valence-electron chi connectivity index (χ4n) is 1.75. The molecule has 0 aromatic carbocycles. The predicted octanol–water partition coefficient (Wildman–Crippen LogP) is 2.58. The molecule has 0 spiro atoms. The summed E-state index contributed by atoms with van der Waals surface area (Å²) in [7, 11) is 3.98. The largest absolute Gasteiger partial charge is 0.380 e. The van der Waals surface area contributed by atoms with Crippen molar-refractivity contribution in [3.63, 3.8) is 0 Å². The minimum atomic E-state index is 0.829. The molecular formula is C14H20N4. The zero-order chi connectivity index (χ0) is 13.0. The number of nitrogens with zero attached hydrogens (tertiary/aromatic N) is 3. The Hall–Kier alpha value is -1.97. The van der Waals surface area contributed by atoms with Crippen LogP contribution in [0.2, 0.25) is 0 Å². The van der Waals surface area contributed by atoms with E-state index in [2.05, 4.69) is 46.3 Å². The highest BCUT2D eigenvalue weighted by Crippen LogP contribution is 2.13. The summed E-state index contributed by atoms with van der Waals surface area (Å²) in [5.74, 6) is 0.970. The van der Waals surface area contributed by atoms with Gasteiger partial charge in [0.25, 0.3) is 0 Å². The second kappa shape index (κ2) is 5.58. The molecule has 2 heterocycles. The van der Waals surface area contributed by atoms with Crippen LogP contribution in [0.25, 0.3) is 0 Å². The van der Waals surface area contributed by atoms with Crippen molar-refractivity contribution >= 4 is 11.5 Å². The van der Waals surface area contributed by atoms with Crippen LogP contribution in [0.5, 0.6) is 0 Å². The third-order valence-corrected chi connectivity index (χ3v) is 2.88. The Morgan fingerprint density at radius 3 is 2.67 bits per heavy atom. The zero-order valence-corrected chi connectivity index (χ0v) is 11.2. The number of anilines is 2. The molecule has 0 amide bonds. The summed E-state index contributed by atoms with van der Waals surface area (Å²) < 4.78 is 2.17. The van der Waals surface area contributed by atoms with Gasteiger partial charge in [-0.25, -0.2) is 4.98 Å². The monoisotopic (exact) mass is 244 g/mol. The Kier molecular flexibility index (Phi) is 3.87. The molecule has 0 saturated heterocycles. The van der Waals surface area contributed by atoms with Crippen LogP contribution in [0.4, 0.5) is 11.5 Å². The van der Waals surface area contributed by atoms with Gasteiger partial charge in [0.1, 0.15) is 5.82 Å². The molecule has 96 valence electrons. The molecule has 0 saturated carbocycles. The van der Waals surface area contributed by atoms with Crippen molar-refractivity contribution in [2.24, 2.45) is 0 Å². The van der Waals surface area contributed by atoms with Gasteiger partial charge < -0.3 is 14.8 Å². The zero-order valence-electron chi connectivity index (χ0n) is 11.2. The van der Waals surface area contributed by atoms with Crippen LogP contribution in [0.1, 0.15) is 12.5 Å². The van der Waals surface area contributed by atoms with E-state index < -0.39 is 0 Å². The summed E-state index contributed by atoms with van der Waals surface area (Å²) in [4.78, 5) is 6.36. The lowest BCUT2D eigenvalue weighted by Gasteiger charge is -2.11. The van der Waals surface area contributed by atoms with E-state index in [4.69, 9.17) is 0 Å². The molecule has 18 heavy (non-hydrogen) atoms. The Labute approximate surface area is 108 Å². The van der Waals surface area contributed by atoms with Crippen molar-refractivity contribution in [3.8, 4) is 0 Å². The molecule has 1 N–H and O–H groups in total. The lowest BCUT2D eigenvalue weighted by Crippen LogP contribution is -2.10. The highest BCUT2D eigenvalue weighted by atomic mass is 15.1. The van der Waals surface area contributed by atoms with E-state index in [1.54, 1.807) is 0 Å². The lowest BCUT2D eigenvalue weighted by molar-refractivity contribution is 0.766. The third kappa shape index (κ3) is 3.03. The molecule has 0 aliphatic rings. The number of nitrogens with one attached hydrogen (secondary N) is 1. The fourth-order valence-corrected chi connectivity index (χ4v) is 1.75. The van der Waals surface area contributed by atoms with E-state index in [-0.39, 0.29) is 0 Å². The molecule has 0 fully saturated rings. The van der Waals surface area contributed by atoms with Gasteiger partial charge in [-0.3, -0.25) is 0 Å². The molecule has 2 rings (SSSR count). The van der Waals surface area contributed by atoms with Crippen molar-refractivity contribution in [1.82, 2.24) is 9.55 Å². The van der Waals surface area contributed by atoms with Gasteiger partial charge in [0, 0.05) is 39.6 Å². The van der Waals surface area contributed by atoms with Gasteiger partial charge in [0.15, 0.2) is 0 Å². The van der Waals surface area contributed by atoms with E-state index in [9.17, 15) is 0 Å². The van der Waals surface area contributed by atoms with Crippen molar-refractivity contribution in [3.05, 3.63) is 42.4 Å². The Balaban J connectivity index is 1.93. The maximum atomic E-state index is 4.37. The van der Waals surface area contributed by atoms with Gasteiger partial charge in [-0.2, -0.15) is 0 Å². The summed E-state index contributed by atoms with van der Waals surface area (Å²) in [6.45, 7) is 3.98. The second-order valence-electron chi connectivity index (χ2n) is 4.50. The average Bonchev–Trinajstić information content (AvgIpc) is 2.85. The van der Waals surface area contributed by atoms with Crippen molar-refractivity contribution < 1.29 is 0 Å². The molecular weight excluding hydrogens is 224 g/mol. The Morgan fingerprint density at radius 1 is 1.28 bits per heavy atom. The van der Waals surface area contributed by atoms with Gasteiger partial charge in [-0.15, -0.1) is 0 Å². The van der Waals surface area contributed by atoms with E-state index >= 15 is 0 Å². The molecule has 4 heteroatoms. The maximum absolute atomic E-state index is 4.37. The van der Waals surface area contributed by atoms with Crippen LogP contribution in [-0.2, 0) is 13.1 Å².